The Morgan fingerprint density at radius 3 is 2.50 bits per heavy atom. The van der Waals surface area contributed by atoms with E-state index < -0.39 is 5.97 Å². The summed E-state index contributed by atoms with van der Waals surface area (Å²) in [5, 5.41) is 12.5. The van der Waals surface area contributed by atoms with Crippen molar-refractivity contribution in [3.05, 3.63) is 16.4 Å². The molecule has 1 heterocycles. The highest BCUT2D eigenvalue weighted by Crippen LogP contribution is 2.21. The summed E-state index contributed by atoms with van der Waals surface area (Å²) in [5.74, 6) is -1.26. The Balaban J connectivity index is 3.39. The SMILES string of the molecule is CC(C)n1nc(C(=O)O)c(C=O)c1Cl. The van der Waals surface area contributed by atoms with Gasteiger partial charge in [-0.05, 0) is 13.8 Å². The summed E-state index contributed by atoms with van der Waals surface area (Å²) in [6.07, 6.45) is 0.400. The van der Waals surface area contributed by atoms with Crippen molar-refractivity contribution in [1.82, 2.24) is 9.78 Å². The van der Waals surface area contributed by atoms with Gasteiger partial charge in [0.25, 0.3) is 0 Å². The van der Waals surface area contributed by atoms with Crippen LogP contribution < -0.4 is 0 Å². The summed E-state index contributed by atoms with van der Waals surface area (Å²) < 4.78 is 1.30. The van der Waals surface area contributed by atoms with Crippen molar-refractivity contribution in [2.45, 2.75) is 19.9 Å². The first-order chi connectivity index (χ1) is 6.49. The highest BCUT2D eigenvalue weighted by atomic mass is 35.5. The Kier molecular flexibility index (Phi) is 2.90. The van der Waals surface area contributed by atoms with E-state index in [0.29, 0.717) is 6.29 Å². The molecule has 0 bridgehead atoms. The topological polar surface area (TPSA) is 72.2 Å². The molecule has 1 aromatic rings. The van der Waals surface area contributed by atoms with Gasteiger partial charge in [0.05, 0.1) is 5.56 Å². The van der Waals surface area contributed by atoms with Gasteiger partial charge in [-0.3, -0.25) is 4.79 Å². The van der Waals surface area contributed by atoms with Crippen LogP contribution in [-0.2, 0) is 0 Å². The van der Waals surface area contributed by atoms with Crippen LogP contribution in [0, 0.1) is 0 Å². The molecule has 6 heteroatoms. The number of hydrogen-bond donors (Lipinski definition) is 1. The van der Waals surface area contributed by atoms with Gasteiger partial charge in [-0.25, -0.2) is 9.48 Å². The first-order valence-electron chi connectivity index (χ1n) is 3.95. The Morgan fingerprint density at radius 2 is 2.21 bits per heavy atom. The van der Waals surface area contributed by atoms with Gasteiger partial charge in [0.15, 0.2) is 12.0 Å². The summed E-state index contributed by atoms with van der Waals surface area (Å²) in [4.78, 5) is 21.3. The molecule has 0 saturated carbocycles. The van der Waals surface area contributed by atoms with Gasteiger partial charge in [-0.2, -0.15) is 5.10 Å². The van der Waals surface area contributed by atoms with Crippen LogP contribution in [0.2, 0.25) is 5.15 Å². The zero-order chi connectivity index (χ0) is 10.9. The second-order valence-corrected chi connectivity index (χ2v) is 3.37. The summed E-state index contributed by atoms with van der Waals surface area (Å²) in [7, 11) is 0. The normalized spacial score (nSPS) is 10.6. The molecule has 5 nitrogen and oxygen atoms in total. The molecule has 0 aliphatic carbocycles. The molecule has 0 spiro atoms. The highest BCUT2D eigenvalue weighted by molar-refractivity contribution is 6.32. The van der Waals surface area contributed by atoms with Crippen LogP contribution in [-0.4, -0.2) is 27.1 Å². The van der Waals surface area contributed by atoms with Gasteiger partial charge in [0, 0.05) is 6.04 Å². The summed E-state index contributed by atoms with van der Waals surface area (Å²) in [5.41, 5.74) is -0.383. The molecule has 0 atom stereocenters. The molecule has 0 saturated heterocycles. The number of hydrogen-bond acceptors (Lipinski definition) is 3. The van der Waals surface area contributed by atoms with E-state index in [2.05, 4.69) is 5.10 Å². The highest BCUT2D eigenvalue weighted by Gasteiger charge is 2.21. The maximum atomic E-state index is 10.7. The van der Waals surface area contributed by atoms with E-state index in [1.54, 1.807) is 13.8 Å². The largest absolute Gasteiger partial charge is 0.476 e. The number of carbonyl (C=O) groups is 2. The van der Waals surface area contributed by atoms with E-state index in [1.165, 1.54) is 4.68 Å². The fraction of sp³-hybridized carbons (Fsp3) is 0.375. The Labute approximate surface area is 85.3 Å². The lowest BCUT2D eigenvalue weighted by atomic mass is 10.3. The summed E-state index contributed by atoms with van der Waals surface area (Å²) in [6.45, 7) is 3.58. The van der Waals surface area contributed by atoms with Crippen molar-refractivity contribution in [1.29, 1.82) is 0 Å². The minimum Gasteiger partial charge on any atom is -0.476 e. The quantitative estimate of drug-likeness (QED) is 0.780. The van der Waals surface area contributed by atoms with Crippen molar-refractivity contribution in [2.24, 2.45) is 0 Å². The number of aromatic carboxylic acids is 1. The molecule has 0 aliphatic heterocycles. The zero-order valence-corrected chi connectivity index (χ0v) is 8.45. The third kappa shape index (κ3) is 1.63. The van der Waals surface area contributed by atoms with Crippen molar-refractivity contribution in [2.75, 3.05) is 0 Å². The number of aromatic nitrogens is 2. The maximum absolute atomic E-state index is 10.7. The zero-order valence-electron chi connectivity index (χ0n) is 7.69. The lowest BCUT2D eigenvalue weighted by molar-refractivity contribution is 0.0686. The fourth-order valence-corrected chi connectivity index (χ4v) is 1.40. The minimum atomic E-state index is -1.26. The van der Waals surface area contributed by atoms with Crippen LogP contribution in [0.1, 0.15) is 40.7 Å². The lowest BCUT2D eigenvalue weighted by Gasteiger charge is -2.05. The number of aldehydes is 1. The number of carboxylic acid groups (broad SMARTS) is 1. The monoisotopic (exact) mass is 216 g/mol. The smallest absolute Gasteiger partial charge is 0.357 e. The van der Waals surface area contributed by atoms with Gasteiger partial charge in [0.1, 0.15) is 5.15 Å². The molecule has 1 rings (SSSR count). The van der Waals surface area contributed by atoms with Crippen molar-refractivity contribution >= 4 is 23.9 Å². The van der Waals surface area contributed by atoms with Crippen molar-refractivity contribution < 1.29 is 14.7 Å². The van der Waals surface area contributed by atoms with E-state index in [0.717, 1.165) is 0 Å². The Hall–Kier alpha value is -1.36. The molecule has 0 amide bonds. The molecule has 1 aromatic heterocycles. The van der Waals surface area contributed by atoms with Crippen molar-refractivity contribution in [3.8, 4) is 0 Å². The van der Waals surface area contributed by atoms with E-state index >= 15 is 0 Å². The number of nitrogens with zero attached hydrogens (tertiary/aromatic N) is 2. The average Bonchev–Trinajstić information content (AvgIpc) is 2.42. The van der Waals surface area contributed by atoms with E-state index in [-0.39, 0.29) is 22.5 Å². The van der Waals surface area contributed by atoms with Gasteiger partial charge < -0.3 is 5.11 Å². The van der Waals surface area contributed by atoms with Crippen LogP contribution >= 0.6 is 11.6 Å². The molecular formula is C8H9ClN2O3. The first kappa shape index (κ1) is 10.7. The van der Waals surface area contributed by atoms with Gasteiger partial charge in [-0.1, -0.05) is 11.6 Å². The molecule has 76 valence electrons. The molecule has 0 aromatic carbocycles. The van der Waals surface area contributed by atoms with E-state index in [1.807, 2.05) is 0 Å². The van der Waals surface area contributed by atoms with E-state index in [4.69, 9.17) is 16.7 Å². The molecule has 0 fully saturated rings. The van der Waals surface area contributed by atoms with Gasteiger partial charge in [0.2, 0.25) is 0 Å². The Bertz CT molecular complexity index is 384. The number of halogens is 1. The fourth-order valence-electron chi connectivity index (χ4n) is 1.03. The minimum absolute atomic E-state index is 0.0624. The molecular weight excluding hydrogens is 208 g/mol. The summed E-state index contributed by atoms with van der Waals surface area (Å²) >= 11 is 5.77. The molecule has 0 radical (unpaired) electrons. The van der Waals surface area contributed by atoms with Crippen LogP contribution in [0.5, 0.6) is 0 Å². The second-order valence-electron chi connectivity index (χ2n) is 3.01. The lowest BCUT2D eigenvalue weighted by Crippen LogP contribution is -2.05. The molecule has 0 unspecified atom stereocenters. The average molecular weight is 217 g/mol. The third-order valence-electron chi connectivity index (χ3n) is 1.70. The summed E-state index contributed by atoms with van der Waals surface area (Å²) in [6, 6.07) is -0.0886. The third-order valence-corrected chi connectivity index (χ3v) is 2.07. The standard InChI is InChI=1S/C8H9ClN2O3/c1-4(2)11-7(9)5(3-12)6(10-11)8(13)14/h3-4H,1-2H3,(H,13,14). The predicted octanol–water partition coefficient (Wildman–Crippen LogP) is 1.63. The first-order valence-corrected chi connectivity index (χ1v) is 4.33. The van der Waals surface area contributed by atoms with Crippen LogP contribution in [0.4, 0.5) is 0 Å². The van der Waals surface area contributed by atoms with Gasteiger partial charge >= 0.3 is 5.97 Å². The van der Waals surface area contributed by atoms with Crippen molar-refractivity contribution in [3.63, 3.8) is 0 Å². The Morgan fingerprint density at radius 1 is 1.64 bits per heavy atom. The number of carboxylic acids is 1. The van der Waals surface area contributed by atoms with Crippen LogP contribution in [0.15, 0.2) is 0 Å². The molecule has 14 heavy (non-hydrogen) atoms. The maximum Gasteiger partial charge on any atom is 0.357 e. The number of carbonyl (C=O) groups excluding carboxylic acids is 1. The van der Waals surface area contributed by atoms with Gasteiger partial charge in [-0.15, -0.1) is 0 Å². The van der Waals surface area contributed by atoms with E-state index in [9.17, 15) is 9.59 Å². The molecule has 1 N–H and O–H groups in total. The van der Waals surface area contributed by atoms with Crippen LogP contribution in [0.3, 0.4) is 0 Å². The molecule has 0 aliphatic rings. The predicted molar refractivity (Wildman–Crippen MR) is 50.0 cm³/mol. The van der Waals surface area contributed by atoms with Crippen LogP contribution in [0.25, 0.3) is 0 Å². The second kappa shape index (κ2) is 3.79. The number of rotatable bonds is 3.